The molecule has 0 aliphatic carbocycles. The van der Waals surface area contributed by atoms with Gasteiger partial charge in [0.25, 0.3) is 0 Å². The first-order chi connectivity index (χ1) is 11.8. The molecule has 0 aliphatic rings. The molecule has 0 saturated heterocycles. The Morgan fingerprint density at radius 1 is 1.16 bits per heavy atom. The summed E-state index contributed by atoms with van der Waals surface area (Å²) in [6.45, 7) is 5.95. The molecular formula is C18H24N2O4S. The lowest BCUT2D eigenvalue weighted by molar-refractivity contribution is -0.141. The van der Waals surface area contributed by atoms with Gasteiger partial charge in [-0.3, -0.25) is 0 Å². The Hall–Kier alpha value is -1.96. The molecule has 0 aliphatic heterocycles. The highest BCUT2D eigenvalue weighted by Crippen LogP contribution is 2.25. The van der Waals surface area contributed by atoms with Gasteiger partial charge in [0.15, 0.2) is 5.03 Å². The van der Waals surface area contributed by atoms with Crippen molar-refractivity contribution in [3.05, 3.63) is 48.2 Å². The normalized spacial score (nSPS) is 13.2. The van der Waals surface area contributed by atoms with Crippen molar-refractivity contribution < 1.29 is 18.4 Å². The first-order valence-corrected chi connectivity index (χ1v) is 9.54. The lowest BCUT2D eigenvalue weighted by atomic mass is 10.1. The molecule has 0 saturated carbocycles. The molecule has 136 valence electrons. The Kier molecular flexibility index (Phi) is 6.16. The molecule has 0 amide bonds. The standard InChI is InChI=1S/C18H24N2O4S/c1-13(2)14(3)20(21)12-15-6-5-11-19-18(15)25(22,23)17-9-7-16(24-4)8-10-17/h5-11,13-14,21H,12H2,1-4H3. The molecule has 2 rings (SSSR count). The molecule has 0 radical (unpaired) electrons. The van der Waals surface area contributed by atoms with E-state index in [1.165, 1.54) is 25.4 Å². The van der Waals surface area contributed by atoms with Crippen LogP contribution in [-0.4, -0.2) is 36.8 Å². The number of ether oxygens (including phenoxy) is 1. The van der Waals surface area contributed by atoms with Gasteiger partial charge in [0, 0.05) is 17.8 Å². The van der Waals surface area contributed by atoms with Crippen LogP contribution in [-0.2, 0) is 16.4 Å². The van der Waals surface area contributed by atoms with Crippen LogP contribution in [0.1, 0.15) is 26.3 Å². The van der Waals surface area contributed by atoms with Crippen LogP contribution >= 0.6 is 0 Å². The second-order valence-electron chi connectivity index (χ2n) is 6.23. The van der Waals surface area contributed by atoms with Crippen LogP contribution in [0.25, 0.3) is 0 Å². The minimum atomic E-state index is -3.79. The average molecular weight is 364 g/mol. The molecule has 1 unspecified atom stereocenters. The number of benzene rings is 1. The van der Waals surface area contributed by atoms with Crippen LogP contribution in [0.3, 0.4) is 0 Å². The highest BCUT2D eigenvalue weighted by Gasteiger charge is 2.25. The Bertz CT molecular complexity index is 804. The minimum absolute atomic E-state index is 0.0461. The topological polar surface area (TPSA) is 79.7 Å². The lowest BCUT2D eigenvalue weighted by Crippen LogP contribution is -2.33. The first kappa shape index (κ1) is 19.4. The third kappa shape index (κ3) is 4.36. The third-order valence-corrected chi connectivity index (χ3v) is 6.01. The summed E-state index contributed by atoms with van der Waals surface area (Å²) in [4.78, 5) is 4.20. The average Bonchev–Trinajstić information content (AvgIpc) is 2.61. The van der Waals surface area contributed by atoms with Crippen LogP contribution in [0, 0.1) is 5.92 Å². The number of sulfone groups is 1. The number of pyridine rings is 1. The fourth-order valence-electron chi connectivity index (χ4n) is 2.32. The Labute approximate surface area is 149 Å². The van der Waals surface area contributed by atoms with Gasteiger partial charge < -0.3 is 9.94 Å². The number of hydrogen-bond acceptors (Lipinski definition) is 6. The highest BCUT2D eigenvalue weighted by atomic mass is 32.2. The van der Waals surface area contributed by atoms with Gasteiger partial charge in [-0.05, 0) is 43.2 Å². The van der Waals surface area contributed by atoms with E-state index in [1.54, 1.807) is 24.3 Å². The zero-order valence-corrected chi connectivity index (χ0v) is 15.7. The van der Waals surface area contributed by atoms with Gasteiger partial charge >= 0.3 is 0 Å². The molecule has 25 heavy (non-hydrogen) atoms. The van der Waals surface area contributed by atoms with Crippen molar-refractivity contribution in [2.45, 2.75) is 43.3 Å². The molecule has 0 bridgehead atoms. The van der Waals surface area contributed by atoms with E-state index in [9.17, 15) is 13.6 Å². The van der Waals surface area contributed by atoms with E-state index >= 15 is 0 Å². The van der Waals surface area contributed by atoms with Gasteiger partial charge in [0.05, 0.1) is 18.6 Å². The number of methoxy groups -OCH3 is 1. The number of hydroxylamine groups is 2. The minimum Gasteiger partial charge on any atom is -0.497 e. The molecule has 1 aromatic carbocycles. The summed E-state index contributed by atoms with van der Waals surface area (Å²) < 4.78 is 30.9. The molecule has 1 aromatic heterocycles. The van der Waals surface area contributed by atoms with Gasteiger partial charge in [-0.1, -0.05) is 19.9 Å². The SMILES string of the molecule is COc1ccc(S(=O)(=O)c2ncccc2CN(O)C(C)C(C)C)cc1. The Morgan fingerprint density at radius 2 is 1.80 bits per heavy atom. The molecule has 0 fully saturated rings. The van der Waals surface area contributed by atoms with Gasteiger partial charge in [0.2, 0.25) is 9.84 Å². The van der Waals surface area contributed by atoms with E-state index in [0.29, 0.717) is 11.3 Å². The summed E-state index contributed by atoms with van der Waals surface area (Å²) in [5.41, 5.74) is 0.452. The maximum absolute atomic E-state index is 12.9. The van der Waals surface area contributed by atoms with Crippen molar-refractivity contribution >= 4 is 9.84 Å². The lowest BCUT2D eigenvalue weighted by Gasteiger charge is -2.26. The molecule has 0 spiro atoms. The second-order valence-corrected chi connectivity index (χ2v) is 8.09. The van der Waals surface area contributed by atoms with Crippen LogP contribution in [0.4, 0.5) is 0 Å². The summed E-state index contributed by atoms with van der Waals surface area (Å²) in [5, 5.41) is 11.4. The highest BCUT2D eigenvalue weighted by molar-refractivity contribution is 7.91. The molecule has 6 nitrogen and oxygen atoms in total. The monoisotopic (exact) mass is 364 g/mol. The van der Waals surface area contributed by atoms with Crippen LogP contribution in [0.2, 0.25) is 0 Å². The van der Waals surface area contributed by atoms with Gasteiger partial charge in [-0.25, -0.2) is 13.4 Å². The predicted molar refractivity (Wildman–Crippen MR) is 94.3 cm³/mol. The van der Waals surface area contributed by atoms with Crippen LogP contribution < -0.4 is 4.74 Å². The second kappa shape index (κ2) is 7.95. The van der Waals surface area contributed by atoms with Crippen LogP contribution in [0.5, 0.6) is 5.75 Å². The number of nitrogens with zero attached hydrogens (tertiary/aromatic N) is 2. The summed E-state index contributed by atoms with van der Waals surface area (Å²) in [7, 11) is -2.27. The van der Waals surface area contributed by atoms with Crippen molar-refractivity contribution in [2.24, 2.45) is 5.92 Å². The van der Waals surface area contributed by atoms with Crippen molar-refractivity contribution in [1.29, 1.82) is 0 Å². The maximum atomic E-state index is 12.9. The van der Waals surface area contributed by atoms with E-state index in [2.05, 4.69) is 4.98 Å². The Balaban J connectivity index is 2.38. The van der Waals surface area contributed by atoms with Crippen molar-refractivity contribution in [1.82, 2.24) is 10.0 Å². The van der Waals surface area contributed by atoms with Crippen molar-refractivity contribution in [3.8, 4) is 5.75 Å². The van der Waals surface area contributed by atoms with E-state index in [0.717, 1.165) is 5.06 Å². The first-order valence-electron chi connectivity index (χ1n) is 8.06. The third-order valence-electron chi connectivity index (χ3n) is 4.24. The van der Waals surface area contributed by atoms with E-state index < -0.39 is 9.84 Å². The number of hydrogen-bond donors (Lipinski definition) is 1. The predicted octanol–water partition coefficient (Wildman–Crippen LogP) is 3.16. The van der Waals surface area contributed by atoms with E-state index in [1.807, 2.05) is 20.8 Å². The molecule has 1 atom stereocenters. The largest absolute Gasteiger partial charge is 0.497 e. The molecule has 1 heterocycles. The van der Waals surface area contributed by atoms with Crippen molar-refractivity contribution in [3.63, 3.8) is 0 Å². The summed E-state index contributed by atoms with van der Waals surface area (Å²) in [5.74, 6) is 0.802. The molecule has 1 N–H and O–H groups in total. The quantitative estimate of drug-likeness (QED) is 0.760. The van der Waals surface area contributed by atoms with E-state index in [4.69, 9.17) is 4.74 Å². The van der Waals surface area contributed by atoms with Crippen LogP contribution in [0.15, 0.2) is 52.5 Å². The summed E-state index contributed by atoms with van der Waals surface area (Å²) >= 11 is 0. The zero-order chi connectivity index (χ0) is 18.6. The fraction of sp³-hybridized carbons (Fsp3) is 0.389. The summed E-state index contributed by atoms with van der Waals surface area (Å²) in [6.07, 6.45) is 1.44. The fourth-order valence-corrected chi connectivity index (χ4v) is 3.71. The molecular weight excluding hydrogens is 340 g/mol. The van der Waals surface area contributed by atoms with E-state index in [-0.39, 0.29) is 28.4 Å². The Morgan fingerprint density at radius 3 is 2.36 bits per heavy atom. The number of aromatic nitrogens is 1. The zero-order valence-electron chi connectivity index (χ0n) is 14.9. The maximum Gasteiger partial charge on any atom is 0.224 e. The number of rotatable bonds is 7. The van der Waals surface area contributed by atoms with Gasteiger partial charge in [0.1, 0.15) is 5.75 Å². The van der Waals surface area contributed by atoms with Gasteiger partial charge in [-0.15, -0.1) is 0 Å². The molecule has 7 heteroatoms. The smallest absolute Gasteiger partial charge is 0.224 e. The molecule has 2 aromatic rings. The van der Waals surface area contributed by atoms with Crippen molar-refractivity contribution in [2.75, 3.05) is 7.11 Å². The summed E-state index contributed by atoms with van der Waals surface area (Å²) in [6, 6.07) is 9.37. The van der Waals surface area contributed by atoms with Gasteiger partial charge in [-0.2, -0.15) is 5.06 Å².